The normalized spacial score (nSPS) is 13.4. The van der Waals surface area contributed by atoms with Crippen molar-refractivity contribution in [2.75, 3.05) is 0 Å². The van der Waals surface area contributed by atoms with Crippen molar-refractivity contribution in [1.82, 2.24) is 4.98 Å². The molecule has 0 aliphatic rings. The number of nitrogens with two attached hydrogens (primary N) is 1. The summed E-state index contributed by atoms with van der Waals surface area (Å²) >= 11 is 2.23. The molecule has 0 radical (unpaired) electrons. The summed E-state index contributed by atoms with van der Waals surface area (Å²) in [6.45, 7) is 4.20. The Morgan fingerprint density at radius 1 is 1.42 bits per heavy atom. The van der Waals surface area contributed by atoms with Crippen LogP contribution in [-0.2, 0) is 0 Å². The van der Waals surface area contributed by atoms with Gasteiger partial charge in [0.05, 0.1) is 5.69 Å². The molecule has 0 amide bonds. The number of hydrogen-bond acceptors (Lipinski definition) is 2. The van der Waals surface area contributed by atoms with E-state index in [9.17, 15) is 0 Å². The molecular formula is C9H13IN2. The lowest BCUT2D eigenvalue weighted by atomic mass is 10.0. The second kappa shape index (κ2) is 4.18. The third kappa shape index (κ3) is 2.42. The lowest BCUT2D eigenvalue weighted by molar-refractivity contribution is 0.503. The molecule has 0 aliphatic heterocycles. The van der Waals surface area contributed by atoms with E-state index in [1.165, 1.54) is 0 Å². The molecule has 0 fully saturated rings. The van der Waals surface area contributed by atoms with Crippen LogP contribution in [0.2, 0.25) is 0 Å². The Bertz CT molecular complexity index is 243. The van der Waals surface area contributed by atoms with Crippen molar-refractivity contribution in [3.8, 4) is 0 Å². The summed E-state index contributed by atoms with van der Waals surface area (Å²) in [5, 5.41) is 0. The second-order valence-corrected chi connectivity index (χ2v) is 4.42. The van der Waals surface area contributed by atoms with E-state index in [1.54, 1.807) is 0 Å². The third-order valence-corrected chi connectivity index (χ3v) is 2.45. The largest absolute Gasteiger partial charge is 0.322 e. The molecule has 2 nitrogen and oxygen atoms in total. The molecule has 1 heterocycles. The van der Waals surface area contributed by atoms with Crippen LogP contribution < -0.4 is 5.73 Å². The first kappa shape index (κ1) is 9.92. The summed E-state index contributed by atoms with van der Waals surface area (Å²) < 4.78 is 1.15. The van der Waals surface area contributed by atoms with Gasteiger partial charge in [-0.05, 0) is 40.6 Å². The van der Waals surface area contributed by atoms with Crippen LogP contribution in [0, 0.1) is 9.49 Å². The predicted octanol–water partition coefficient (Wildman–Crippen LogP) is 2.34. The molecule has 0 spiro atoms. The molecule has 1 atom stereocenters. The lowest BCUT2D eigenvalue weighted by Crippen LogP contribution is -2.17. The highest BCUT2D eigenvalue weighted by Crippen LogP contribution is 2.16. The maximum absolute atomic E-state index is 5.92. The molecule has 0 aliphatic carbocycles. The quantitative estimate of drug-likeness (QED) is 0.842. The number of aromatic nitrogens is 1. The standard InChI is InChI=1S/C9H13IN2/c1-6(2)9(11)8-4-3-7(10)5-12-8/h3-6,9H,11H2,1-2H3/t9-/m0/s1. The van der Waals surface area contributed by atoms with Crippen LogP contribution in [0.15, 0.2) is 18.3 Å². The summed E-state index contributed by atoms with van der Waals surface area (Å²) in [4.78, 5) is 4.27. The minimum Gasteiger partial charge on any atom is -0.322 e. The maximum atomic E-state index is 5.92. The van der Waals surface area contributed by atoms with Crippen molar-refractivity contribution in [3.05, 3.63) is 27.6 Å². The van der Waals surface area contributed by atoms with Gasteiger partial charge < -0.3 is 5.73 Å². The Morgan fingerprint density at radius 2 is 2.08 bits per heavy atom. The van der Waals surface area contributed by atoms with Crippen LogP contribution in [0.5, 0.6) is 0 Å². The predicted molar refractivity (Wildman–Crippen MR) is 58.7 cm³/mol. The van der Waals surface area contributed by atoms with E-state index in [-0.39, 0.29) is 6.04 Å². The number of hydrogen-bond donors (Lipinski definition) is 1. The van der Waals surface area contributed by atoms with Crippen molar-refractivity contribution in [3.63, 3.8) is 0 Å². The van der Waals surface area contributed by atoms with Gasteiger partial charge in [-0.25, -0.2) is 0 Å². The fourth-order valence-electron chi connectivity index (χ4n) is 0.926. The Kier molecular flexibility index (Phi) is 3.46. The highest BCUT2D eigenvalue weighted by Gasteiger charge is 2.10. The topological polar surface area (TPSA) is 38.9 Å². The van der Waals surface area contributed by atoms with E-state index in [0.717, 1.165) is 9.26 Å². The Balaban J connectivity index is 2.82. The zero-order valence-electron chi connectivity index (χ0n) is 7.29. The van der Waals surface area contributed by atoms with Gasteiger partial charge in [0.1, 0.15) is 0 Å². The fraction of sp³-hybridized carbons (Fsp3) is 0.444. The van der Waals surface area contributed by atoms with Gasteiger partial charge in [-0.3, -0.25) is 4.98 Å². The lowest BCUT2D eigenvalue weighted by Gasteiger charge is -2.14. The smallest absolute Gasteiger partial charge is 0.0574 e. The number of nitrogens with zero attached hydrogens (tertiary/aromatic N) is 1. The molecule has 1 aromatic heterocycles. The van der Waals surface area contributed by atoms with Crippen LogP contribution >= 0.6 is 22.6 Å². The zero-order chi connectivity index (χ0) is 9.14. The summed E-state index contributed by atoms with van der Waals surface area (Å²) in [6.07, 6.45) is 1.85. The zero-order valence-corrected chi connectivity index (χ0v) is 9.45. The van der Waals surface area contributed by atoms with Gasteiger partial charge in [0.25, 0.3) is 0 Å². The molecule has 1 rings (SSSR count). The van der Waals surface area contributed by atoms with Gasteiger partial charge >= 0.3 is 0 Å². The first-order valence-corrected chi connectivity index (χ1v) is 5.06. The molecule has 2 N–H and O–H groups in total. The second-order valence-electron chi connectivity index (χ2n) is 3.17. The van der Waals surface area contributed by atoms with Gasteiger partial charge in [-0.1, -0.05) is 13.8 Å². The van der Waals surface area contributed by atoms with Gasteiger partial charge in [-0.2, -0.15) is 0 Å². The first-order valence-electron chi connectivity index (χ1n) is 3.98. The SMILES string of the molecule is CC(C)[C@H](N)c1ccc(I)cn1. The summed E-state index contributed by atoms with van der Waals surface area (Å²) in [5.74, 6) is 0.442. The Labute approximate surface area is 86.7 Å². The van der Waals surface area contributed by atoms with Crippen molar-refractivity contribution in [2.24, 2.45) is 11.7 Å². The van der Waals surface area contributed by atoms with Crippen molar-refractivity contribution in [1.29, 1.82) is 0 Å². The van der Waals surface area contributed by atoms with Crippen molar-refractivity contribution >= 4 is 22.6 Å². The van der Waals surface area contributed by atoms with Crippen molar-refractivity contribution in [2.45, 2.75) is 19.9 Å². The van der Waals surface area contributed by atoms with Gasteiger partial charge in [-0.15, -0.1) is 0 Å². The minimum absolute atomic E-state index is 0.0574. The Morgan fingerprint density at radius 3 is 2.50 bits per heavy atom. The summed E-state index contributed by atoms with van der Waals surface area (Å²) in [7, 11) is 0. The molecule has 3 heteroatoms. The molecule has 12 heavy (non-hydrogen) atoms. The third-order valence-electron chi connectivity index (χ3n) is 1.81. The molecule has 0 saturated heterocycles. The minimum atomic E-state index is 0.0574. The summed E-state index contributed by atoms with van der Waals surface area (Å²) in [6, 6.07) is 4.08. The molecule has 1 aromatic rings. The van der Waals surface area contributed by atoms with E-state index in [1.807, 2.05) is 18.3 Å². The van der Waals surface area contributed by atoms with Crippen molar-refractivity contribution < 1.29 is 0 Å². The highest BCUT2D eigenvalue weighted by atomic mass is 127. The van der Waals surface area contributed by atoms with Gasteiger partial charge in [0.15, 0.2) is 0 Å². The molecule has 0 aromatic carbocycles. The first-order chi connectivity index (χ1) is 5.61. The summed E-state index contributed by atoms with van der Waals surface area (Å²) in [5.41, 5.74) is 6.90. The number of rotatable bonds is 2. The Hall–Kier alpha value is -0.160. The van der Waals surface area contributed by atoms with Gasteiger partial charge in [0, 0.05) is 15.8 Å². The van der Waals surface area contributed by atoms with E-state index < -0.39 is 0 Å². The van der Waals surface area contributed by atoms with E-state index in [2.05, 4.69) is 41.4 Å². The highest BCUT2D eigenvalue weighted by molar-refractivity contribution is 14.1. The number of halogens is 1. The molecule has 0 unspecified atom stereocenters. The molecule has 0 saturated carbocycles. The van der Waals surface area contributed by atoms with Crippen LogP contribution in [-0.4, -0.2) is 4.98 Å². The molecular weight excluding hydrogens is 263 g/mol. The molecule has 66 valence electrons. The maximum Gasteiger partial charge on any atom is 0.0574 e. The van der Waals surface area contributed by atoms with Crippen LogP contribution in [0.4, 0.5) is 0 Å². The van der Waals surface area contributed by atoms with Crippen LogP contribution in [0.25, 0.3) is 0 Å². The van der Waals surface area contributed by atoms with E-state index in [4.69, 9.17) is 5.73 Å². The molecule has 0 bridgehead atoms. The van der Waals surface area contributed by atoms with E-state index in [0.29, 0.717) is 5.92 Å². The number of pyridine rings is 1. The monoisotopic (exact) mass is 276 g/mol. The average molecular weight is 276 g/mol. The van der Waals surface area contributed by atoms with Gasteiger partial charge in [0.2, 0.25) is 0 Å². The fourth-order valence-corrected chi connectivity index (χ4v) is 1.25. The van der Waals surface area contributed by atoms with Crippen LogP contribution in [0.3, 0.4) is 0 Å². The van der Waals surface area contributed by atoms with Crippen LogP contribution in [0.1, 0.15) is 25.6 Å². The van der Waals surface area contributed by atoms with E-state index >= 15 is 0 Å². The average Bonchev–Trinajstić information content (AvgIpc) is 2.04.